The summed E-state index contributed by atoms with van der Waals surface area (Å²) in [5.41, 5.74) is -2.44. The van der Waals surface area contributed by atoms with E-state index in [9.17, 15) is 61.2 Å². The molecule has 9 aliphatic rings. The number of amides is 2. The van der Waals surface area contributed by atoms with Crippen molar-refractivity contribution < 1.29 is 70.7 Å². The summed E-state index contributed by atoms with van der Waals surface area (Å²) in [6.45, 7) is 134. The molecule has 0 saturated carbocycles. The van der Waals surface area contributed by atoms with E-state index in [0.29, 0.717) is 61.2 Å². The number of carbonyl (C=O) groups excluding carboxylic acids is 3. The largest absolute Gasteiger partial charge is 0.371 e. The van der Waals surface area contributed by atoms with Crippen LogP contribution in [0.2, 0.25) is 0 Å². The van der Waals surface area contributed by atoms with Crippen LogP contribution in [-0.2, 0) is 23.9 Å². The van der Waals surface area contributed by atoms with Crippen molar-refractivity contribution in [3.8, 4) is 0 Å². The first-order valence-electron chi connectivity index (χ1n) is 57.3. The molecule has 28 nitrogen and oxygen atoms in total. The minimum Gasteiger partial charge on any atom is -0.371 e. The quantitative estimate of drug-likeness (QED) is 0.0567. The summed E-state index contributed by atoms with van der Waals surface area (Å²) < 4.78 is 11.2. The highest BCUT2D eigenvalue weighted by molar-refractivity contribution is 6.02. The Morgan fingerprint density at radius 3 is 1.01 bits per heavy atom. The SMILES string of the molecule is CC(C)(C)C1CC(C)(C)N(O)C1(C)C.CC(C)(C)CC1CC(C)(C)N(O)C1(C)C.CC(C)(C)CCNC(=O)C1CC(C)(C)N(O)C1(C)C.CC(C)(C)NC1CC(C)(C)N(O)C(C)(C)C1.CC(C)(C)NC1CC(C)(C)N(O)C1(C)C.CC(C)(C)NCC1CC(C)(C)N(O)C1(C)C.CC(C)(C)OCC(=O)NC1CC(C)(C)N(O)C1(C)C.CC(C)(C)OCC1=CC(C)(C)N(O)C1(C)C.CCC1(CC)C=C(C(=O)C(C)(C)C)C(CC)(CC)N1O. The van der Waals surface area contributed by atoms with Crippen LogP contribution in [0, 0.1) is 45.3 Å². The zero-order chi connectivity index (χ0) is 120. The molecule has 7 fully saturated rings. The lowest BCUT2D eigenvalue weighted by atomic mass is 9.70. The van der Waals surface area contributed by atoms with Crippen molar-refractivity contribution in [3.05, 3.63) is 23.3 Å². The van der Waals surface area contributed by atoms with Gasteiger partial charge in [0.25, 0.3) is 0 Å². The topological polar surface area (TPSA) is 341 Å². The number of nitrogens with zero attached hydrogens (tertiary/aromatic N) is 9. The molecule has 6 unspecified atom stereocenters. The summed E-state index contributed by atoms with van der Waals surface area (Å²) in [6.07, 6.45) is 16.8. The molecule has 0 spiro atoms. The molecule has 2 amide bonds. The van der Waals surface area contributed by atoms with E-state index in [1.165, 1.54) is 41.9 Å². The number of hydrogen-bond donors (Lipinski definition) is 14. The van der Waals surface area contributed by atoms with Crippen molar-refractivity contribution in [2.24, 2.45) is 45.3 Å². The Kier molecular flexibility index (Phi) is 48.0. The molecule has 0 radical (unpaired) electrons. The first-order valence-corrected chi connectivity index (χ1v) is 57.3. The molecule has 0 aromatic heterocycles. The minimum atomic E-state index is -0.531. The summed E-state index contributed by atoms with van der Waals surface area (Å²) in [4.78, 5) is 37.1. The number of ketones is 1. The average Bonchev–Trinajstić information content (AvgIpc) is 1.58. The van der Waals surface area contributed by atoms with Crippen molar-refractivity contribution in [1.29, 1.82) is 0 Å². The average molecular weight is 2140 g/mol. The molecule has 9 heterocycles. The zero-order valence-corrected chi connectivity index (χ0v) is 110. The van der Waals surface area contributed by atoms with E-state index in [4.69, 9.17) is 9.47 Å². The van der Waals surface area contributed by atoms with Gasteiger partial charge in [0.05, 0.1) is 68.5 Å². The van der Waals surface area contributed by atoms with Crippen molar-refractivity contribution in [3.63, 3.8) is 0 Å². The molecule has 0 aliphatic carbocycles. The Labute approximate surface area is 922 Å². The number of Topliss-reactive ketones (excluding diaryl/α,β-unsaturated/α-hetero) is 1. The van der Waals surface area contributed by atoms with Gasteiger partial charge in [0.2, 0.25) is 11.8 Å². The van der Waals surface area contributed by atoms with Gasteiger partial charge < -0.3 is 82.9 Å². The van der Waals surface area contributed by atoms with Crippen molar-refractivity contribution in [2.45, 2.75) is 672 Å². The van der Waals surface area contributed by atoms with Crippen molar-refractivity contribution in [2.75, 3.05) is 26.3 Å². The van der Waals surface area contributed by atoms with E-state index in [1.807, 2.05) is 151 Å². The molecule has 6 atom stereocenters. The Hall–Kier alpha value is -2.83. The molecule has 0 aromatic carbocycles. The number of ether oxygens (including phenoxy) is 2. The summed E-state index contributed by atoms with van der Waals surface area (Å²) in [6, 6.07) is 0.689. The summed E-state index contributed by atoms with van der Waals surface area (Å²) in [5, 5.41) is 122. The van der Waals surface area contributed by atoms with E-state index in [-0.39, 0.29) is 152 Å². The lowest BCUT2D eigenvalue weighted by Crippen LogP contribution is -2.64. The highest BCUT2D eigenvalue weighted by atomic mass is 16.5. The van der Waals surface area contributed by atoms with E-state index >= 15 is 0 Å². The third kappa shape index (κ3) is 38.7. The van der Waals surface area contributed by atoms with Gasteiger partial charge in [-0.3, -0.25) is 14.4 Å². The van der Waals surface area contributed by atoms with Crippen LogP contribution in [0.5, 0.6) is 0 Å². The number of hydrogen-bond acceptors (Lipinski definition) is 26. The summed E-state index contributed by atoms with van der Waals surface area (Å²) in [5.74, 6) is 1.47. The maximum atomic E-state index is 12.9. The van der Waals surface area contributed by atoms with Crippen LogP contribution in [0.25, 0.3) is 0 Å². The van der Waals surface area contributed by atoms with Gasteiger partial charge in [0.1, 0.15) is 6.61 Å². The second-order valence-electron chi connectivity index (χ2n) is 65.3. The lowest BCUT2D eigenvalue weighted by molar-refractivity contribution is -0.246. The molecule has 9 aliphatic heterocycles. The minimum absolute atomic E-state index is 0.0436. The molecule has 0 aromatic rings. The van der Waals surface area contributed by atoms with Crippen molar-refractivity contribution in [1.82, 2.24) is 72.2 Å². The van der Waals surface area contributed by atoms with Crippen LogP contribution < -0.4 is 26.6 Å². The molecule has 890 valence electrons. The summed E-state index contributed by atoms with van der Waals surface area (Å²) in [7, 11) is 0. The highest BCUT2D eigenvalue weighted by Crippen LogP contribution is 2.55. The monoisotopic (exact) mass is 2130 g/mol. The molecule has 14 N–H and O–H groups in total. The van der Waals surface area contributed by atoms with E-state index < -0.39 is 27.6 Å². The molecule has 7 saturated heterocycles. The molecule has 150 heavy (non-hydrogen) atoms. The second-order valence-corrected chi connectivity index (χ2v) is 65.3. The number of carbonyl (C=O) groups is 3. The van der Waals surface area contributed by atoms with Gasteiger partial charge in [-0.1, -0.05) is 123 Å². The van der Waals surface area contributed by atoms with Gasteiger partial charge in [-0.25, -0.2) is 0 Å². The normalized spacial score (nSPS) is 27.4. The van der Waals surface area contributed by atoms with Crippen LogP contribution in [0.3, 0.4) is 0 Å². The molecule has 0 bridgehead atoms. The van der Waals surface area contributed by atoms with E-state index in [0.717, 1.165) is 88.3 Å². The Bertz CT molecular complexity index is 4220. The van der Waals surface area contributed by atoms with E-state index in [2.05, 4.69) is 323 Å². The van der Waals surface area contributed by atoms with Gasteiger partial charge in [-0.15, -0.1) is 0 Å². The van der Waals surface area contributed by atoms with Gasteiger partial charge in [-0.2, -0.15) is 45.6 Å². The van der Waals surface area contributed by atoms with Gasteiger partial charge in [0, 0.05) is 114 Å². The molecule has 28 heteroatoms. The highest BCUT2D eigenvalue weighted by Gasteiger charge is 2.61. The van der Waals surface area contributed by atoms with Gasteiger partial charge >= 0.3 is 0 Å². The third-order valence-electron chi connectivity index (χ3n) is 33.7. The Morgan fingerprint density at radius 1 is 0.367 bits per heavy atom. The number of rotatable bonds is 18. The molecule has 9 rings (SSSR count). The maximum Gasteiger partial charge on any atom is 0.246 e. The fourth-order valence-corrected chi connectivity index (χ4v) is 25.0. The summed E-state index contributed by atoms with van der Waals surface area (Å²) >= 11 is 0. The number of nitrogens with one attached hydrogen (secondary N) is 5. The predicted molar refractivity (Wildman–Crippen MR) is 621 cm³/mol. The molecular formula is C122H248N14O14. The van der Waals surface area contributed by atoms with Crippen LogP contribution in [0.15, 0.2) is 23.3 Å². The number of piperidine rings is 1. The fraction of sp³-hybridized carbons (Fsp3) is 0.943. The predicted octanol–water partition coefficient (Wildman–Crippen LogP) is 26.9. The van der Waals surface area contributed by atoms with Crippen LogP contribution in [-0.4, -0.2) is 282 Å². The van der Waals surface area contributed by atoms with Gasteiger partial charge in [-0.05, 0) is 455 Å². The Balaban J connectivity index is 0.000000845. The maximum absolute atomic E-state index is 12.9. The third-order valence-corrected chi connectivity index (χ3v) is 33.7. The smallest absolute Gasteiger partial charge is 0.246 e. The molecular weight excluding hydrogens is 1890 g/mol. The lowest BCUT2D eigenvalue weighted by Gasteiger charge is -2.52. The van der Waals surface area contributed by atoms with Crippen LogP contribution in [0.1, 0.15) is 526 Å². The zero-order valence-electron chi connectivity index (χ0n) is 110. The fourth-order valence-electron chi connectivity index (χ4n) is 25.0. The standard InChI is InChI=1S/C17H31NO2.C15H30N2O2.C14H28N2O3.2C13H28N2O.C13H25NO2.C13H27NO.C12H26N2O.C12H25NO/c1-8-16(9-2)12-13(14(19)15(5,6)7)17(10-3,11-4)18(16)20;1-13(2,3)8-9-16-12(18)11-10-14(4,5)17(19)15(11,6)7;1-12(2,3)19-9-11(17)15-10-8-13(4,5)16(18)14(10,6)7;1-11(2,3)14-9-10-8-12(4,5)15(16)13(10,6)7;1-11(2,3)14-10-8-12(4,5)15(16)13(6,7)9-10;1-11(2,3)16-9-10-8-12(4,5)14(15)13(10,6)7;1-11(2,3)8-10-9-12(4,5)14(15)13(10,6)7;1-10(2,3)13-9-8-11(4,5)14(15)12(9,6)7;1-10(2,3)9-8-11(4,5)13(14)12(9,6)7/h12,20H,8-11H2,1-7H3;11,19H,8-10H2,1-7H3,(H,16,18);10,18H,8-9H2,1-7H3,(H,15,17);2*10,14,16H,8-9H2,1-7H3;8,15H,9H2,1-7H3;10,15H,8-9H2,1-7H3;9,13,15H,8H2,1-7H3;9,14H,8H2,1-7H3. The Morgan fingerprint density at radius 2 is 0.727 bits per heavy atom. The first-order chi connectivity index (χ1) is 65.7. The van der Waals surface area contributed by atoms with Gasteiger partial charge in [0.15, 0.2) is 5.78 Å². The van der Waals surface area contributed by atoms with Crippen molar-refractivity contribution >= 4 is 17.6 Å². The number of hydroxylamine groups is 18. The van der Waals surface area contributed by atoms with Crippen LogP contribution in [0.4, 0.5) is 0 Å². The van der Waals surface area contributed by atoms with E-state index in [1.54, 1.807) is 10.1 Å². The second kappa shape index (κ2) is 49.6. The van der Waals surface area contributed by atoms with Crippen LogP contribution >= 0.6 is 0 Å². The first kappa shape index (κ1) is 145.